The van der Waals surface area contributed by atoms with Gasteiger partial charge in [-0.15, -0.1) is 0 Å². The maximum atomic E-state index is 12.3. The van der Waals surface area contributed by atoms with E-state index < -0.39 is 15.3 Å². The number of hydrogen-bond donors (Lipinski definition) is 0. The molecule has 0 spiro atoms. The van der Waals surface area contributed by atoms with E-state index in [4.69, 9.17) is 0 Å². The van der Waals surface area contributed by atoms with Gasteiger partial charge in [0.25, 0.3) is 0 Å². The molecule has 1 heterocycles. The highest BCUT2D eigenvalue weighted by Crippen LogP contribution is 2.36. The first-order chi connectivity index (χ1) is 12.5. The van der Waals surface area contributed by atoms with E-state index in [1.165, 1.54) is 36.6 Å². The minimum absolute atomic E-state index is 0.0937. The molecule has 2 rings (SSSR count). The Balaban J connectivity index is 1.82. The number of halogens is 3. The SMILES string of the molecule is CS(=O)(=O)CCN1CCN(C(=O)/C=C/c2ccc(SC(F)(F)F)cc2)CC1. The molecule has 150 valence electrons. The molecule has 0 bridgehead atoms. The second-order valence-electron chi connectivity index (χ2n) is 6.25. The number of alkyl halides is 3. The highest BCUT2D eigenvalue weighted by Gasteiger charge is 2.29. The molecule has 1 aromatic rings. The van der Waals surface area contributed by atoms with E-state index in [-0.39, 0.29) is 28.3 Å². The molecule has 0 aromatic heterocycles. The van der Waals surface area contributed by atoms with Crippen molar-refractivity contribution in [1.82, 2.24) is 9.80 Å². The molecule has 1 aliphatic heterocycles. The lowest BCUT2D eigenvalue weighted by molar-refractivity contribution is -0.127. The first kappa shape index (κ1) is 21.8. The van der Waals surface area contributed by atoms with Crippen LogP contribution in [-0.4, -0.2) is 74.4 Å². The number of benzene rings is 1. The Kier molecular flexibility index (Phi) is 7.35. The lowest BCUT2D eigenvalue weighted by Crippen LogP contribution is -2.49. The molecule has 10 heteroatoms. The van der Waals surface area contributed by atoms with Crippen LogP contribution in [0.15, 0.2) is 35.2 Å². The van der Waals surface area contributed by atoms with Crippen LogP contribution in [0.2, 0.25) is 0 Å². The van der Waals surface area contributed by atoms with Crippen molar-refractivity contribution in [3.63, 3.8) is 0 Å². The summed E-state index contributed by atoms with van der Waals surface area (Å²) >= 11 is -0.179. The number of piperazine rings is 1. The van der Waals surface area contributed by atoms with Gasteiger partial charge in [-0.25, -0.2) is 8.42 Å². The summed E-state index contributed by atoms with van der Waals surface area (Å²) in [4.78, 5) is 16.0. The zero-order valence-electron chi connectivity index (χ0n) is 14.8. The highest BCUT2D eigenvalue weighted by atomic mass is 32.2. The summed E-state index contributed by atoms with van der Waals surface area (Å²) in [5, 5.41) is 0. The minimum Gasteiger partial charge on any atom is -0.337 e. The molecule has 1 fully saturated rings. The van der Waals surface area contributed by atoms with Crippen LogP contribution in [0.5, 0.6) is 0 Å². The first-order valence-corrected chi connectivity index (χ1v) is 11.1. The van der Waals surface area contributed by atoms with Crippen LogP contribution < -0.4 is 0 Å². The summed E-state index contributed by atoms with van der Waals surface area (Å²) in [6.07, 6.45) is 4.17. The summed E-state index contributed by atoms with van der Waals surface area (Å²) in [5.41, 5.74) is -3.68. The maximum absolute atomic E-state index is 12.3. The molecule has 0 atom stereocenters. The lowest BCUT2D eigenvalue weighted by atomic mass is 10.2. The topological polar surface area (TPSA) is 57.7 Å². The third kappa shape index (κ3) is 8.35. The van der Waals surface area contributed by atoms with Gasteiger partial charge in [-0.1, -0.05) is 12.1 Å². The Morgan fingerprint density at radius 2 is 1.74 bits per heavy atom. The molecule has 1 aliphatic rings. The Morgan fingerprint density at radius 3 is 2.26 bits per heavy atom. The number of carbonyl (C=O) groups excluding carboxylic acids is 1. The fourth-order valence-electron chi connectivity index (χ4n) is 2.54. The number of thioether (sulfide) groups is 1. The van der Waals surface area contributed by atoms with Crippen molar-refractivity contribution in [2.75, 3.05) is 44.7 Å². The van der Waals surface area contributed by atoms with Gasteiger partial charge in [-0.3, -0.25) is 9.69 Å². The summed E-state index contributed by atoms with van der Waals surface area (Å²) in [6, 6.07) is 5.79. The second kappa shape index (κ2) is 9.11. The van der Waals surface area contributed by atoms with Gasteiger partial charge in [0, 0.05) is 50.0 Å². The van der Waals surface area contributed by atoms with Gasteiger partial charge in [0.1, 0.15) is 9.84 Å². The molecule has 0 saturated carbocycles. The average Bonchev–Trinajstić information content (AvgIpc) is 2.57. The van der Waals surface area contributed by atoms with Crippen LogP contribution in [0.4, 0.5) is 13.2 Å². The first-order valence-electron chi connectivity index (χ1n) is 8.25. The van der Waals surface area contributed by atoms with Crippen LogP contribution in [0, 0.1) is 0 Å². The van der Waals surface area contributed by atoms with Crippen LogP contribution in [0.1, 0.15) is 5.56 Å². The van der Waals surface area contributed by atoms with Crippen LogP contribution >= 0.6 is 11.8 Å². The highest BCUT2D eigenvalue weighted by molar-refractivity contribution is 8.00. The summed E-state index contributed by atoms with van der Waals surface area (Å²) in [5.74, 6) is -0.0739. The van der Waals surface area contributed by atoms with Crippen LogP contribution in [-0.2, 0) is 14.6 Å². The summed E-state index contributed by atoms with van der Waals surface area (Å²) < 4.78 is 59.3. The molecule has 0 unspecified atom stereocenters. The quantitative estimate of drug-likeness (QED) is 0.521. The molecule has 1 aromatic carbocycles. The number of amides is 1. The molecule has 27 heavy (non-hydrogen) atoms. The van der Waals surface area contributed by atoms with Crippen molar-refractivity contribution in [3.05, 3.63) is 35.9 Å². The van der Waals surface area contributed by atoms with E-state index in [0.29, 0.717) is 38.3 Å². The Hall–Kier alpha value is -1.52. The third-order valence-corrected chi connectivity index (χ3v) is 5.66. The molecule has 1 amide bonds. The van der Waals surface area contributed by atoms with Crippen LogP contribution in [0.3, 0.4) is 0 Å². The molecule has 0 N–H and O–H groups in total. The fraction of sp³-hybridized carbons (Fsp3) is 0.471. The molecule has 0 radical (unpaired) electrons. The predicted molar refractivity (Wildman–Crippen MR) is 100 cm³/mol. The predicted octanol–water partition coefficient (Wildman–Crippen LogP) is 2.50. The van der Waals surface area contributed by atoms with Gasteiger partial charge in [0.15, 0.2) is 0 Å². The number of rotatable bonds is 6. The van der Waals surface area contributed by atoms with E-state index in [1.807, 2.05) is 4.90 Å². The molecular formula is C17H21F3N2O3S2. The zero-order chi connectivity index (χ0) is 20.1. The number of carbonyl (C=O) groups is 1. The van der Waals surface area contributed by atoms with Crippen molar-refractivity contribution < 1.29 is 26.4 Å². The monoisotopic (exact) mass is 422 g/mol. The van der Waals surface area contributed by atoms with E-state index in [0.717, 1.165) is 0 Å². The second-order valence-corrected chi connectivity index (χ2v) is 9.65. The standard InChI is InChI=1S/C17H21F3N2O3S2/c1-27(24,25)13-12-21-8-10-22(11-9-21)16(23)7-4-14-2-5-15(6-3-14)26-17(18,19)20/h2-7H,8-13H2,1H3/b7-4+. The van der Waals surface area contributed by atoms with Crippen molar-refractivity contribution >= 4 is 33.6 Å². The normalized spacial score (nSPS) is 16.8. The Bertz CT molecular complexity index is 770. The average molecular weight is 422 g/mol. The van der Waals surface area contributed by atoms with Crippen molar-refractivity contribution in [2.45, 2.75) is 10.4 Å². The number of nitrogens with zero attached hydrogens (tertiary/aromatic N) is 2. The summed E-state index contributed by atoms with van der Waals surface area (Å²) in [7, 11) is -3.00. The van der Waals surface area contributed by atoms with Crippen molar-refractivity contribution in [3.8, 4) is 0 Å². The lowest BCUT2D eigenvalue weighted by Gasteiger charge is -2.34. The molecule has 1 saturated heterocycles. The van der Waals surface area contributed by atoms with E-state index in [9.17, 15) is 26.4 Å². The minimum atomic E-state index is -4.32. The third-order valence-electron chi connectivity index (χ3n) is 3.99. The van der Waals surface area contributed by atoms with E-state index >= 15 is 0 Å². The van der Waals surface area contributed by atoms with Crippen molar-refractivity contribution in [1.29, 1.82) is 0 Å². The zero-order valence-corrected chi connectivity index (χ0v) is 16.4. The van der Waals surface area contributed by atoms with Gasteiger partial charge in [-0.2, -0.15) is 13.2 Å². The van der Waals surface area contributed by atoms with Gasteiger partial charge < -0.3 is 4.90 Å². The van der Waals surface area contributed by atoms with Gasteiger partial charge >= 0.3 is 5.51 Å². The molecule has 0 aliphatic carbocycles. The fourth-order valence-corrected chi connectivity index (χ4v) is 3.67. The van der Waals surface area contributed by atoms with Gasteiger partial charge in [0.2, 0.25) is 5.91 Å². The van der Waals surface area contributed by atoms with Crippen molar-refractivity contribution in [2.24, 2.45) is 0 Å². The number of sulfone groups is 1. The summed E-state index contributed by atoms with van der Waals surface area (Å²) in [6.45, 7) is 2.69. The maximum Gasteiger partial charge on any atom is 0.446 e. The molecular weight excluding hydrogens is 401 g/mol. The van der Waals surface area contributed by atoms with Gasteiger partial charge in [-0.05, 0) is 35.5 Å². The van der Waals surface area contributed by atoms with Gasteiger partial charge in [0.05, 0.1) is 5.75 Å². The number of hydrogen-bond acceptors (Lipinski definition) is 5. The van der Waals surface area contributed by atoms with Crippen LogP contribution in [0.25, 0.3) is 6.08 Å². The smallest absolute Gasteiger partial charge is 0.337 e. The molecule has 5 nitrogen and oxygen atoms in total. The Labute approximate surface area is 161 Å². The van der Waals surface area contributed by atoms with E-state index in [2.05, 4.69) is 0 Å². The largest absolute Gasteiger partial charge is 0.446 e. The Morgan fingerprint density at radius 1 is 1.15 bits per heavy atom. The van der Waals surface area contributed by atoms with E-state index in [1.54, 1.807) is 11.0 Å².